The molecule has 0 saturated carbocycles. The Kier molecular flexibility index (Phi) is 5.74. The fraction of sp³-hybridized carbons (Fsp3) is 0.500. The average molecular weight is 289 g/mol. The number of nitrogens with one attached hydrogen (secondary N) is 1. The number of rotatable bonds is 7. The first-order chi connectivity index (χ1) is 8.94. The predicted octanol–water partition coefficient (Wildman–Crippen LogP) is 0.501. The minimum absolute atomic E-state index is 0.0375. The minimum atomic E-state index is -3.67. The van der Waals surface area contributed by atoms with Gasteiger partial charge in [0, 0.05) is 13.7 Å². The minimum Gasteiger partial charge on any atom is -0.495 e. The maximum atomic E-state index is 12.1. The van der Waals surface area contributed by atoms with Crippen LogP contribution in [0, 0.1) is 0 Å². The molecule has 1 atom stereocenters. The lowest BCUT2D eigenvalue weighted by Gasteiger charge is -2.14. The van der Waals surface area contributed by atoms with Gasteiger partial charge in [-0.2, -0.15) is 0 Å². The van der Waals surface area contributed by atoms with Crippen molar-refractivity contribution in [2.45, 2.75) is 24.5 Å². The molecule has 1 aromatic carbocycles. The molecule has 7 heteroatoms. The van der Waals surface area contributed by atoms with Gasteiger partial charge in [0.25, 0.3) is 0 Å². The predicted molar refractivity (Wildman–Crippen MR) is 70.6 cm³/mol. The van der Waals surface area contributed by atoms with Gasteiger partial charge in [0.2, 0.25) is 10.0 Å². The van der Waals surface area contributed by atoms with Crippen molar-refractivity contribution in [2.24, 2.45) is 0 Å². The third-order valence-electron chi connectivity index (χ3n) is 2.66. The first-order valence-corrected chi connectivity index (χ1v) is 7.23. The van der Waals surface area contributed by atoms with E-state index in [0.717, 1.165) is 0 Å². The Morgan fingerprint density at radius 1 is 1.37 bits per heavy atom. The highest BCUT2D eigenvalue weighted by atomic mass is 32.2. The summed E-state index contributed by atoms with van der Waals surface area (Å²) in [5, 5.41) is 9.02. The van der Waals surface area contributed by atoms with Crippen molar-refractivity contribution in [1.29, 1.82) is 0 Å². The molecule has 2 N–H and O–H groups in total. The lowest BCUT2D eigenvalue weighted by atomic mass is 10.2. The Bertz CT molecular complexity index is 515. The topological polar surface area (TPSA) is 84.9 Å². The van der Waals surface area contributed by atoms with Crippen LogP contribution in [0.3, 0.4) is 0 Å². The zero-order chi connectivity index (χ0) is 14.5. The number of hydrogen-bond donors (Lipinski definition) is 2. The zero-order valence-electron chi connectivity index (χ0n) is 11.2. The van der Waals surface area contributed by atoms with Crippen LogP contribution in [0.4, 0.5) is 0 Å². The Labute approximate surface area is 113 Å². The summed E-state index contributed by atoms with van der Waals surface area (Å²) in [7, 11) is -0.778. The SMILES string of the molecule is COc1cc(CO)ccc1S(=O)(=O)NCC(C)OC. The Balaban J connectivity index is 3.00. The molecule has 0 aliphatic rings. The number of methoxy groups -OCH3 is 2. The van der Waals surface area contributed by atoms with Crippen LogP contribution in [0.5, 0.6) is 5.75 Å². The molecule has 0 saturated heterocycles. The van der Waals surface area contributed by atoms with Crippen molar-refractivity contribution in [2.75, 3.05) is 20.8 Å². The van der Waals surface area contributed by atoms with Crippen molar-refractivity contribution in [3.63, 3.8) is 0 Å². The van der Waals surface area contributed by atoms with Gasteiger partial charge in [-0.05, 0) is 24.6 Å². The molecular weight excluding hydrogens is 270 g/mol. The van der Waals surface area contributed by atoms with Crippen LogP contribution in [0.15, 0.2) is 23.1 Å². The van der Waals surface area contributed by atoms with Crippen molar-refractivity contribution in [3.8, 4) is 5.75 Å². The van der Waals surface area contributed by atoms with Crippen molar-refractivity contribution < 1.29 is 23.0 Å². The summed E-state index contributed by atoms with van der Waals surface area (Å²) in [4.78, 5) is 0.0375. The van der Waals surface area contributed by atoms with E-state index in [9.17, 15) is 8.42 Å². The zero-order valence-corrected chi connectivity index (χ0v) is 12.0. The smallest absolute Gasteiger partial charge is 0.244 e. The van der Waals surface area contributed by atoms with Crippen LogP contribution in [-0.4, -0.2) is 40.4 Å². The Morgan fingerprint density at radius 3 is 2.58 bits per heavy atom. The van der Waals surface area contributed by atoms with E-state index in [1.165, 1.54) is 32.4 Å². The van der Waals surface area contributed by atoms with Crippen LogP contribution < -0.4 is 9.46 Å². The average Bonchev–Trinajstić information content (AvgIpc) is 2.43. The van der Waals surface area contributed by atoms with Gasteiger partial charge in [0.15, 0.2) is 0 Å². The fourth-order valence-electron chi connectivity index (χ4n) is 1.42. The molecular formula is C12H19NO5S. The highest BCUT2D eigenvalue weighted by Gasteiger charge is 2.20. The molecule has 0 heterocycles. The van der Waals surface area contributed by atoms with Gasteiger partial charge >= 0.3 is 0 Å². The van der Waals surface area contributed by atoms with Crippen LogP contribution in [0.2, 0.25) is 0 Å². The van der Waals surface area contributed by atoms with Crippen molar-refractivity contribution >= 4 is 10.0 Å². The Hall–Kier alpha value is -1.15. The normalized spacial score (nSPS) is 13.3. The van der Waals surface area contributed by atoms with Crippen LogP contribution in [0.25, 0.3) is 0 Å². The van der Waals surface area contributed by atoms with E-state index in [4.69, 9.17) is 14.6 Å². The molecule has 1 unspecified atom stereocenters. The molecule has 0 fully saturated rings. The van der Waals surface area contributed by atoms with Gasteiger partial charge in [0.1, 0.15) is 10.6 Å². The van der Waals surface area contributed by atoms with E-state index in [1.54, 1.807) is 6.92 Å². The lowest BCUT2D eigenvalue weighted by Crippen LogP contribution is -2.31. The summed E-state index contributed by atoms with van der Waals surface area (Å²) in [6, 6.07) is 4.44. The molecule has 1 rings (SSSR count). The van der Waals surface area contributed by atoms with Gasteiger partial charge in [0.05, 0.1) is 19.8 Å². The van der Waals surface area contributed by atoms with Crippen LogP contribution in [-0.2, 0) is 21.4 Å². The quantitative estimate of drug-likeness (QED) is 0.763. The summed E-state index contributed by atoms with van der Waals surface area (Å²) < 4.78 is 36.7. The molecule has 19 heavy (non-hydrogen) atoms. The maximum absolute atomic E-state index is 12.1. The van der Waals surface area contributed by atoms with E-state index in [1.807, 2.05) is 0 Å². The summed E-state index contributed by atoms with van der Waals surface area (Å²) in [5.41, 5.74) is 0.584. The molecule has 0 aromatic heterocycles. The molecule has 1 aromatic rings. The van der Waals surface area contributed by atoms with Gasteiger partial charge in [-0.1, -0.05) is 6.07 Å². The third-order valence-corrected chi connectivity index (χ3v) is 4.13. The van der Waals surface area contributed by atoms with Crippen molar-refractivity contribution in [3.05, 3.63) is 23.8 Å². The summed E-state index contributed by atoms with van der Waals surface area (Å²) in [6.07, 6.45) is -0.225. The summed E-state index contributed by atoms with van der Waals surface area (Å²) in [5.74, 6) is 0.198. The largest absolute Gasteiger partial charge is 0.495 e. The van der Waals surface area contributed by atoms with Crippen LogP contribution in [0.1, 0.15) is 12.5 Å². The van der Waals surface area contributed by atoms with E-state index in [0.29, 0.717) is 5.56 Å². The highest BCUT2D eigenvalue weighted by molar-refractivity contribution is 7.89. The molecule has 6 nitrogen and oxygen atoms in total. The first-order valence-electron chi connectivity index (χ1n) is 5.74. The molecule has 0 bridgehead atoms. The summed E-state index contributed by atoms with van der Waals surface area (Å²) in [6.45, 7) is 1.75. The monoisotopic (exact) mass is 289 g/mol. The molecule has 0 radical (unpaired) electrons. The second kappa shape index (κ2) is 6.85. The van der Waals surface area contributed by atoms with E-state index in [2.05, 4.69) is 4.72 Å². The van der Waals surface area contributed by atoms with Gasteiger partial charge in [-0.15, -0.1) is 0 Å². The number of hydrogen-bond acceptors (Lipinski definition) is 5. The maximum Gasteiger partial charge on any atom is 0.244 e. The standard InChI is InChI=1S/C12H19NO5S/c1-9(17-2)7-13-19(15,16)12-5-4-10(8-14)6-11(12)18-3/h4-6,9,13-14H,7-8H2,1-3H3. The molecule has 108 valence electrons. The van der Waals surface area contributed by atoms with Gasteiger partial charge in [-0.3, -0.25) is 0 Å². The van der Waals surface area contributed by atoms with E-state index >= 15 is 0 Å². The van der Waals surface area contributed by atoms with E-state index in [-0.39, 0.29) is 29.9 Å². The number of aliphatic hydroxyl groups is 1. The molecule has 0 aliphatic heterocycles. The number of aliphatic hydroxyl groups excluding tert-OH is 1. The highest BCUT2D eigenvalue weighted by Crippen LogP contribution is 2.24. The lowest BCUT2D eigenvalue weighted by molar-refractivity contribution is 0.122. The first kappa shape index (κ1) is 15.9. The number of benzene rings is 1. The van der Waals surface area contributed by atoms with Gasteiger partial charge < -0.3 is 14.6 Å². The van der Waals surface area contributed by atoms with Gasteiger partial charge in [-0.25, -0.2) is 13.1 Å². The number of ether oxygens (including phenoxy) is 2. The molecule has 0 amide bonds. The second-order valence-corrected chi connectivity index (χ2v) is 5.78. The summed E-state index contributed by atoms with van der Waals surface area (Å²) >= 11 is 0. The number of sulfonamides is 1. The Morgan fingerprint density at radius 2 is 2.05 bits per heavy atom. The molecule has 0 aliphatic carbocycles. The second-order valence-electron chi connectivity index (χ2n) is 4.04. The van der Waals surface area contributed by atoms with Crippen molar-refractivity contribution in [1.82, 2.24) is 4.72 Å². The molecule has 0 spiro atoms. The van der Waals surface area contributed by atoms with E-state index < -0.39 is 10.0 Å². The van der Waals surface area contributed by atoms with Crippen LogP contribution >= 0.6 is 0 Å². The fourth-order valence-corrected chi connectivity index (χ4v) is 2.68. The third kappa shape index (κ3) is 4.17.